The van der Waals surface area contributed by atoms with Gasteiger partial charge >= 0.3 is 0 Å². The first kappa shape index (κ1) is 14.6. The second-order valence-corrected chi connectivity index (χ2v) is 5.49. The molecule has 1 aliphatic rings. The van der Waals surface area contributed by atoms with Gasteiger partial charge in [-0.25, -0.2) is 0 Å². The Morgan fingerprint density at radius 1 is 1.45 bits per heavy atom. The number of likely N-dealkylation sites (tertiary alicyclic amines) is 1. The van der Waals surface area contributed by atoms with Gasteiger partial charge in [-0.1, -0.05) is 0 Å². The summed E-state index contributed by atoms with van der Waals surface area (Å²) in [6.07, 6.45) is 7.09. The van der Waals surface area contributed by atoms with Gasteiger partial charge in [0.2, 0.25) is 5.91 Å². The zero-order valence-electron chi connectivity index (χ0n) is 12.5. The Morgan fingerprint density at radius 3 is 3.05 bits per heavy atom. The molecular weight excluding hydrogens is 282 g/mol. The van der Waals surface area contributed by atoms with Crippen molar-refractivity contribution in [2.45, 2.75) is 12.8 Å². The molecule has 22 heavy (non-hydrogen) atoms. The molecule has 0 aromatic carbocycles. The molecule has 0 bridgehead atoms. The van der Waals surface area contributed by atoms with E-state index >= 15 is 0 Å². The molecule has 1 amide bonds. The van der Waals surface area contributed by atoms with E-state index in [1.54, 1.807) is 25.7 Å². The number of aromatic amines is 1. The van der Waals surface area contributed by atoms with Crippen molar-refractivity contribution in [1.82, 2.24) is 25.1 Å². The number of ether oxygens (including phenoxy) is 1. The predicted molar refractivity (Wildman–Crippen MR) is 79.9 cm³/mol. The van der Waals surface area contributed by atoms with Crippen LogP contribution in [0.2, 0.25) is 0 Å². The summed E-state index contributed by atoms with van der Waals surface area (Å²) < 4.78 is 4.90. The minimum Gasteiger partial charge on any atom is -0.375 e. The van der Waals surface area contributed by atoms with Gasteiger partial charge in [0.15, 0.2) is 0 Å². The van der Waals surface area contributed by atoms with Crippen LogP contribution < -0.4 is 0 Å². The minimum atomic E-state index is 0.0608. The van der Waals surface area contributed by atoms with Gasteiger partial charge in [-0.05, 0) is 24.8 Å². The molecular formula is C15H19N5O2. The van der Waals surface area contributed by atoms with E-state index in [2.05, 4.69) is 20.2 Å². The smallest absolute Gasteiger partial charge is 0.248 e. The van der Waals surface area contributed by atoms with Gasteiger partial charge in [0.05, 0.1) is 17.6 Å². The fourth-order valence-corrected chi connectivity index (χ4v) is 2.73. The van der Waals surface area contributed by atoms with Crippen molar-refractivity contribution >= 4 is 5.91 Å². The molecule has 3 rings (SSSR count). The van der Waals surface area contributed by atoms with Crippen molar-refractivity contribution in [3.05, 3.63) is 30.4 Å². The van der Waals surface area contributed by atoms with Crippen LogP contribution in [0.3, 0.4) is 0 Å². The Morgan fingerprint density at radius 2 is 2.36 bits per heavy atom. The summed E-state index contributed by atoms with van der Waals surface area (Å²) >= 11 is 0. The van der Waals surface area contributed by atoms with Crippen molar-refractivity contribution < 1.29 is 9.53 Å². The normalized spacial score (nSPS) is 17.9. The average molecular weight is 301 g/mol. The number of hydrogen-bond acceptors (Lipinski definition) is 5. The summed E-state index contributed by atoms with van der Waals surface area (Å²) in [6.45, 7) is 1.73. The van der Waals surface area contributed by atoms with E-state index in [0.717, 1.165) is 43.0 Å². The monoisotopic (exact) mass is 301 g/mol. The summed E-state index contributed by atoms with van der Waals surface area (Å²) in [4.78, 5) is 22.5. The van der Waals surface area contributed by atoms with E-state index in [-0.39, 0.29) is 12.5 Å². The number of rotatable bonds is 5. The number of nitrogens with one attached hydrogen (secondary N) is 1. The van der Waals surface area contributed by atoms with Crippen LogP contribution in [0.15, 0.2) is 24.7 Å². The lowest BCUT2D eigenvalue weighted by Crippen LogP contribution is -2.31. The highest BCUT2D eigenvalue weighted by Gasteiger charge is 2.26. The summed E-state index contributed by atoms with van der Waals surface area (Å²) in [6, 6.07) is 1.86. The molecule has 116 valence electrons. The number of carbonyl (C=O) groups excluding carboxylic acids is 1. The van der Waals surface area contributed by atoms with E-state index in [1.807, 2.05) is 11.0 Å². The second kappa shape index (κ2) is 6.65. The maximum Gasteiger partial charge on any atom is 0.248 e. The molecule has 0 saturated carbocycles. The highest BCUT2D eigenvalue weighted by Crippen LogP contribution is 2.20. The number of aromatic nitrogens is 4. The highest BCUT2D eigenvalue weighted by atomic mass is 16.5. The second-order valence-electron chi connectivity index (χ2n) is 5.49. The molecule has 1 N–H and O–H groups in total. The number of nitrogens with zero attached hydrogens (tertiary/aromatic N) is 4. The molecule has 1 fully saturated rings. The van der Waals surface area contributed by atoms with E-state index in [9.17, 15) is 4.79 Å². The van der Waals surface area contributed by atoms with Gasteiger partial charge in [0, 0.05) is 32.6 Å². The lowest BCUT2D eigenvalue weighted by atomic mass is 10.0. The average Bonchev–Trinajstić information content (AvgIpc) is 3.19. The van der Waals surface area contributed by atoms with Crippen molar-refractivity contribution in [1.29, 1.82) is 0 Å². The summed E-state index contributed by atoms with van der Waals surface area (Å²) in [5, 5.41) is 6.77. The van der Waals surface area contributed by atoms with Crippen LogP contribution in [0.4, 0.5) is 0 Å². The van der Waals surface area contributed by atoms with Crippen LogP contribution in [0.5, 0.6) is 0 Å². The Hall–Kier alpha value is -2.28. The maximum absolute atomic E-state index is 11.8. The van der Waals surface area contributed by atoms with E-state index in [4.69, 9.17) is 4.74 Å². The fourth-order valence-electron chi connectivity index (χ4n) is 2.73. The van der Waals surface area contributed by atoms with Gasteiger partial charge in [0.1, 0.15) is 12.3 Å². The first-order chi connectivity index (χ1) is 10.8. The number of carbonyl (C=O) groups is 1. The van der Waals surface area contributed by atoms with E-state index < -0.39 is 0 Å². The minimum absolute atomic E-state index is 0.0608. The molecule has 0 unspecified atom stereocenters. The Labute approximate surface area is 128 Å². The fraction of sp³-hybridized carbons (Fsp3) is 0.467. The van der Waals surface area contributed by atoms with Crippen LogP contribution >= 0.6 is 0 Å². The van der Waals surface area contributed by atoms with Gasteiger partial charge in [-0.2, -0.15) is 5.10 Å². The van der Waals surface area contributed by atoms with Gasteiger partial charge in [0.25, 0.3) is 0 Å². The van der Waals surface area contributed by atoms with E-state index in [1.165, 1.54) is 0 Å². The van der Waals surface area contributed by atoms with Crippen LogP contribution in [-0.2, 0) is 16.0 Å². The van der Waals surface area contributed by atoms with Crippen LogP contribution in [0, 0.1) is 5.92 Å². The molecule has 1 aliphatic heterocycles. The van der Waals surface area contributed by atoms with Gasteiger partial charge < -0.3 is 9.64 Å². The summed E-state index contributed by atoms with van der Waals surface area (Å²) in [7, 11) is 1.54. The third-order valence-corrected chi connectivity index (χ3v) is 3.89. The standard InChI is InChI=1S/C15H19N5O2/c1-22-10-15(21)20-5-3-11(9-20)6-12-7-17-14(8-16-12)13-2-4-18-19-13/h2,4,7-8,11H,3,5-6,9-10H2,1H3,(H,18,19)/t11-/m0/s1. The Bertz CT molecular complexity index is 611. The summed E-state index contributed by atoms with van der Waals surface area (Å²) in [5.74, 6) is 0.499. The quantitative estimate of drug-likeness (QED) is 0.887. The molecule has 7 heteroatoms. The molecule has 2 aromatic heterocycles. The number of methoxy groups -OCH3 is 1. The van der Waals surface area contributed by atoms with Crippen molar-refractivity contribution in [2.24, 2.45) is 5.92 Å². The number of H-pyrrole nitrogens is 1. The predicted octanol–water partition coefficient (Wildman–Crippen LogP) is 0.904. The molecule has 1 atom stereocenters. The molecule has 0 aliphatic carbocycles. The zero-order valence-corrected chi connectivity index (χ0v) is 12.5. The topological polar surface area (TPSA) is 84.0 Å². The molecule has 3 heterocycles. The van der Waals surface area contributed by atoms with Crippen molar-refractivity contribution in [2.75, 3.05) is 26.8 Å². The first-order valence-electron chi connectivity index (χ1n) is 7.33. The first-order valence-corrected chi connectivity index (χ1v) is 7.33. The van der Waals surface area contributed by atoms with Gasteiger partial charge in [-0.15, -0.1) is 0 Å². The highest BCUT2D eigenvalue weighted by molar-refractivity contribution is 5.77. The van der Waals surface area contributed by atoms with Crippen molar-refractivity contribution in [3.8, 4) is 11.4 Å². The lowest BCUT2D eigenvalue weighted by Gasteiger charge is -2.15. The molecule has 0 spiro atoms. The molecule has 0 radical (unpaired) electrons. The maximum atomic E-state index is 11.8. The van der Waals surface area contributed by atoms with Crippen molar-refractivity contribution in [3.63, 3.8) is 0 Å². The molecule has 7 nitrogen and oxygen atoms in total. The molecule has 2 aromatic rings. The van der Waals surface area contributed by atoms with Crippen LogP contribution in [0.25, 0.3) is 11.4 Å². The third-order valence-electron chi connectivity index (χ3n) is 3.89. The largest absolute Gasteiger partial charge is 0.375 e. The Kier molecular flexibility index (Phi) is 4.43. The zero-order chi connectivity index (χ0) is 15.4. The number of amides is 1. The van der Waals surface area contributed by atoms with Crippen LogP contribution in [-0.4, -0.2) is 57.8 Å². The summed E-state index contributed by atoms with van der Waals surface area (Å²) in [5.41, 5.74) is 2.59. The van der Waals surface area contributed by atoms with Gasteiger partial charge in [-0.3, -0.25) is 19.9 Å². The SMILES string of the molecule is COCC(=O)N1CC[C@@H](Cc2cnc(-c3ccn[nH]3)cn2)C1. The third kappa shape index (κ3) is 3.30. The lowest BCUT2D eigenvalue weighted by molar-refractivity contribution is -0.134. The van der Waals surface area contributed by atoms with Crippen LogP contribution in [0.1, 0.15) is 12.1 Å². The number of hydrogen-bond donors (Lipinski definition) is 1. The molecule has 1 saturated heterocycles. The Balaban J connectivity index is 1.57. The van der Waals surface area contributed by atoms with E-state index in [0.29, 0.717) is 5.92 Å².